The van der Waals surface area contributed by atoms with Crippen molar-refractivity contribution in [2.75, 3.05) is 13.7 Å². The molecule has 0 spiro atoms. The molecule has 286 valence electrons. The van der Waals surface area contributed by atoms with E-state index in [4.69, 9.17) is 19.2 Å². The number of aliphatic carboxylic acids is 1. The number of pyridine rings is 1. The molecule has 1 aromatic heterocycles. The molecule has 54 heavy (non-hydrogen) atoms. The van der Waals surface area contributed by atoms with Gasteiger partial charge in [-0.05, 0) is 98.2 Å². The fourth-order valence-corrected chi connectivity index (χ4v) is 8.35. The van der Waals surface area contributed by atoms with Gasteiger partial charge in [-0.2, -0.15) is 0 Å². The van der Waals surface area contributed by atoms with Crippen LogP contribution in [0.15, 0.2) is 55.1 Å². The number of carboxylic acid groups (broad SMARTS) is 1. The van der Waals surface area contributed by atoms with Gasteiger partial charge in [-0.25, -0.2) is 14.6 Å². The van der Waals surface area contributed by atoms with Gasteiger partial charge in [0.2, 0.25) is 11.8 Å². The average molecular weight is 739 g/mol. The Labute approximate surface area is 315 Å². The van der Waals surface area contributed by atoms with Gasteiger partial charge in [0.05, 0.1) is 31.0 Å². The van der Waals surface area contributed by atoms with E-state index in [0.717, 1.165) is 72.7 Å². The van der Waals surface area contributed by atoms with Crippen molar-refractivity contribution in [3.8, 4) is 17.0 Å². The number of rotatable bonds is 13. The molecule has 3 aromatic rings. The van der Waals surface area contributed by atoms with Gasteiger partial charge in [-0.3, -0.25) is 9.59 Å². The lowest BCUT2D eigenvalue weighted by molar-refractivity contribution is -0.145. The van der Waals surface area contributed by atoms with Crippen LogP contribution in [0, 0.1) is 11.8 Å². The third-order valence-electron chi connectivity index (χ3n) is 11.6. The highest BCUT2D eigenvalue weighted by atomic mass is 16.6. The summed E-state index contributed by atoms with van der Waals surface area (Å²) < 4.78 is 17.7. The number of likely N-dealkylation sites (tertiary alicyclic amines) is 1. The number of ether oxygens (including phenoxy) is 3. The predicted molar refractivity (Wildman–Crippen MR) is 202 cm³/mol. The van der Waals surface area contributed by atoms with Crippen LogP contribution < -0.4 is 15.4 Å². The minimum absolute atomic E-state index is 0.0684. The summed E-state index contributed by atoms with van der Waals surface area (Å²) in [4.78, 5) is 60.0. The standard InChI is InChI=1S/C42H50N4O8/c1-5-29-21-42(29,40(49)50)45-38(47)36-20-32(22-46(36)39(48)37(24(2)3)44-41(51)54-30-11-6-7-12-30)53-23-28-18-34(27-14-13-25-9-8-10-26(25)17-27)43-35-19-31(52-4)15-16-33(28)35/h5,13-19,24,29-30,32,36-37H,1,6-12,20-23H2,2-4H3,(H,44,51)(H,45,47)(H,49,50)/t29-,32-,36+,37+,42-/m1/s1. The highest BCUT2D eigenvalue weighted by molar-refractivity contribution is 5.96. The molecule has 0 radical (unpaired) electrons. The zero-order valence-corrected chi connectivity index (χ0v) is 31.3. The Balaban J connectivity index is 1.14. The number of carbonyl (C=O) groups excluding carboxylic acids is 3. The number of carboxylic acids is 1. The second kappa shape index (κ2) is 15.4. The molecule has 2 heterocycles. The van der Waals surface area contributed by atoms with E-state index in [2.05, 4.69) is 35.4 Å². The summed E-state index contributed by atoms with van der Waals surface area (Å²) in [6.07, 6.45) is 7.27. The van der Waals surface area contributed by atoms with Crippen molar-refractivity contribution in [1.82, 2.24) is 20.5 Å². The van der Waals surface area contributed by atoms with Crippen LogP contribution in [0.2, 0.25) is 0 Å². The molecule has 12 nitrogen and oxygen atoms in total. The number of fused-ring (bicyclic) bond motifs is 2. The van der Waals surface area contributed by atoms with Gasteiger partial charge < -0.3 is 34.9 Å². The molecule has 4 aliphatic rings. The first-order valence-electron chi connectivity index (χ1n) is 19.2. The van der Waals surface area contributed by atoms with E-state index in [1.807, 2.05) is 38.1 Å². The summed E-state index contributed by atoms with van der Waals surface area (Å²) in [7, 11) is 1.62. The molecule has 0 bridgehead atoms. The van der Waals surface area contributed by atoms with Gasteiger partial charge in [0.15, 0.2) is 0 Å². The van der Waals surface area contributed by atoms with Gasteiger partial charge in [0.1, 0.15) is 29.5 Å². The van der Waals surface area contributed by atoms with Crippen LogP contribution >= 0.6 is 0 Å². The van der Waals surface area contributed by atoms with Crippen LogP contribution in [0.4, 0.5) is 4.79 Å². The Morgan fingerprint density at radius 2 is 1.81 bits per heavy atom. The molecular formula is C42H50N4O8. The molecule has 7 rings (SSSR count). The number of aryl methyl sites for hydroxylation is 2. The lowest BCUT2D eigenvalue weighted by Gasteiger charge is -2.31. The van der Waals surface area contributed by atoms with Crippen molar-refractivity contribution < 1.29 is 38.5 Å². The SMILES string of the molecule is C=C[C@@H]1C[C@]1(NC(=O)[C@@H]1C[C@@H](OCc2cc(-c3ccc4c(c3)CCC4)nc3cc(OC)ccc23)CN1C(=O)[C@@H](NC(=O)OC1CCCC1)C(C)C)C(=O)O. The Hall–Kier alpha value is -4.97. The van der Waals surface area contributed by atoms with E-state index >= 15 is 0 Å². The Morgan fingerprint density at radius 3 is 2.52 bits per heavy atom. The molecule has 0 unspecified atom stereocenters. The summed E-state index contributed by atoms with van der Waals surface area (Å²) in [6, 6.07) is 12.3. The van der Waals surface area contributed by atoms with Crippen LogP contribution in [0.3, 0.4) is 0 Å². The fourth-order valence-electron chi connectivity index (χ4n) is 8.35. The number of alkyl carbamates (subject to hydrolysis) is 1. The van der Waals surface area contributed by atoms with Crippen molar-refractivity contribution in [1.29, 1.82) is 0 Å². The van der Waals surface area contributed by atoms with Gasteiger partial charge in [0, 0.05) is 35.9 Å². The number of nitrogens with zero attached hydrogens (tertiary/aromatic N) is 2. The first-order chi connectivity index (χ1) is 26.0. The van der Waals surface area contributed by atoms with Gasteiger partial charge in [-0.1, -0.05) is 32.1 Å². The lowest BCUT2D eigenvalue weighted by Crippen LogP contribution is -2.57. The van der Waals surface area contributed by atoms with Crippen molar-refractivity contribution in [3.05, 3.63) is 71.8 Å². The normalized spacial score (nSPS) is 23.9. The lowest BCUT2D eigenvalue weighted by atomic mass is 10.0. The Morgan fingerprint density at radius 1 is 1.04 bits per heavy atom. The van der Waals surface area contributed by atoms with E-state index < -0.39 is 53.5 Å². The van der Waals surface area contributed by atoms with Gasteiger partial charge in [-0.15, -0.1) is 6.58 Å². The number of carbonyl (C=O) groups is 4. The quantitative estimate of drug-likeness (QED) is 0.187. The largest absolute Gasteiger partial charge is 0.497 e. The van der Waals surface area contributed by atoms with Crippen LogP contribution in [-0.4, -0.2) is 82.4 Å². The topological polar surface area (TPSA) is 156 Å². The summed E-state index contributed by atoms with van der Waals surface area (Å²) in [5.41, 5.74) is 4.70. The van der Waals surface area contributed by atoms with E-state index in [9.17, 15) is 24.3 Å². The number of nitrogens with one attached hydrogen (secondary N) is 2. The minimum atomic E-state index is -1.47. The van der Waals surface area contributed by atoms with Crippen molar-refractivity contribution in [3.63, 3.8) is 0 Å². The van der Waals surface area contributed by atoms with Crippen LogP contribution in [0.25, 0.3) is 22.2 Å². The number of aromatic nitrogens is 1. The van der Waals surface area contributed by atoms with Crippen LogP contribution in [0.5, 0.6) is 5.75 Å². The van der Waals surface area contributed by atoms with E-state index in [1.165, 1.54) is 22.1 Å². The maximum atomic E-state index is 14.3. The predicted octanol–water partition coefficient (Wildman–Crippen LogP) is 5.72. The zero-order chi connectivity index (χ0) is 38.1. The minimum Gasteiger partial charge on any atom is -0.497 e. The maximum absolute atomic E-state index is 14.3. The number of amides is 3. The molecule has 3 aliphatic carbocycles. The van der Waals surface area contributed by atoms with Gasteiger partial charge in [0.25, 0.3) is 0 Å². The van der Waals surface area contributed by atoms with E-state index in [-0.39, 0.29) is 38.0 Å². The van der Waals surface area contributed by atoms with Gasteiger partial charge >= 0.3 is 12.1 Å². The smallest absolute Gasteiger partial charge is 0.408 e. The van der Waals surface area contributed by atoms with Crippen LogP contribution in [0.1, 0.15) is 75.5 Å². The number of methoxy groups -OCH3 is 1. The molecule has 12 heteroatoms. The van der Waals surface area contributed by atoms with Crippen molar-refractivity contribution in [2.24, 2.45) is 11.8 Å². The first kappa shape index (κ1) is 37.3. The number of benzene rings is 2. The first-order valence-corrected chi connectivity index (χ1v) is 19.2. The second-order valence-corrected chi connectivity index (χ2v) is 15.6. The molecule has 1 aliphatic heterocycles. The second-order valence-electron chi connectivity index (χ2n) is 15.6. The van der Waals surface area contributed by atoms with Crippen molar-refractivity contribution in [2.45, 2.75) is 108 Å². The summed E-state index contributed by atoms with van der Waals surface area (Å²) in [5, 5.41) is 16.4. The third kappa shape index (κ3) is 7.53. The van der Waals surface area contributed by atoms with Crippen LogP contribution in [-0.2, 0) is 43.3 Å². The summed E-state index contributed by atoms with van der Waals surface area (Å²) in [6.45, 7) is 7.60. The average Bonchev–Trinajstić information content (AvgIpc) is 3.59. The Bertz CT molecular complexity index is 1960. The molecule has 5 atom stereocenters. The molecule has 3 fully saturated rings. The van der Waals surface area contributed by atoms with Crippen molar-refractivity contribution >= 4 is 34.8 Å². The summed E-state index contributed by atoms with van der Waals surface area (Å²) in [5.74, 6) is -2.26. The molecule has 1 saturated heterocycles. The number of hydrogen-bond donors (Lipinski definition) is 3. The molecular weight excluding hydrogens is 688 g/mol. The fraction of sp³-hybridized carbons (Fsp3) is 0.500. The maximum Gasteiger partial charge on any atom is 0.408 e. The number of hydrogen-bond acceptors (Lipinski definition) is 8. The summed E-state index contributed by atoms with van der Waals surface area (Å²) >= 11 is 0. The van der Waals surface area contributed by atoms with E-state index in [0.29, 0.717) is 5.75 Å². The monoisotopic (exact) mass is 738 g/mol. The molecule has 3 amide bonds. The zero-order valence-electron chi connectivity index (χ0n) is 31.3. The molecule has 3 N–H and O–H groups in total. The molecule has 2 saturated carbocycles. The third-order valence-corrected chi connectivity index (χ3v) is 11.6. The van der Waals surface area contributed by atoms with E-state index in [1.54, 1.807) is 7.11 Å². The highest BCUT2D eigenvalue weighted by Gasteiger charge is 2.61. The molecule has 2 aromatic carbocycles. The Kier molecular flexibility index (Phi) is 10.7. The highest BCUT2D eigenvalue weighted by Crippen LogP contribution is 2.45.